The minimum absolute atomic E-state index is 0.0642. The molecule has 0 saturated heterocycles. The van der Waals surface area contributed by atoms with Gasteiger partial charge in [0.2, 0.25) is 10.0 Å². The van der Waals surface area contributed by atoms with Crippen molar-refractivity contribution in [2.75, 3.05) is 6.54 Å². The van der Waals surface area contributed by atoms with Gasteiger partial charge >= 0.3 is 0 Å². The molecule has 0 aliphatic heterocycles. The molecule has 1 unspecified atom stereocenters. The smallest absolute Gasteiger partial charge is 0.241 e. The summed E-state index contributed by atoms with van der Waals surface area (Å²) in [6.45, 7) is 0.0560. The van der Waals surface area contributed by atoms with Crippen molar-refractivity contribution < 1.29 is 13.5 Å². The van der Waals surface area contributed by atoms with Gasteiger partial charge in [-0.15, -0.1) is 0 Å². The number of aliphatic hydroxyl groups excluding tert-OH is 1. The maximum atomic E-state index is 12.7. The van der Waals surface area contributed by atoms with Gasteiger partial charge in [-0.2, -0.15) is 0 Å². The number of sulfonamides is 1. The number of pyridine rings is 1. The second-order valence-electron chi connectivity index (χ2n) is 5.69. The van der Waals surface area contributed by atoms with Crippen molar-refractivity contribution >= 4 is 20.8 Å². The molecule has 0 amide bonds. The highest BCUT2D eigenvalue weighted by atomic mass is 32.2. The number of aliphatic hydroxyl groups is 1. The number of benzene rings is 2. The first kappa shape index (κ1) is 17.5. The molecular weight excluding hydrogens is 338 g/mol. The molecule has 3 rings (SSSR count). The van der Waals surface area contributed by atoms with Gasteiger partial charge in [-0.05, 0) is 34.7 Å². The van der Waals surface area contributed by atoms with Crippen LogP contribution in [0.2, 0.25) is 0 Å². The lowest BCUT2D eigenvalue weighted by molar-refractivity contribution is 0.282. The standard InChI is InChI=1S/C18H19N3O3S/c19-10-18(14-3-1-13(12-22)2-4-14)21-25(23,24)17-6-5-16-11-20-8-7-15(16)9-17/h1-9,11,18,21-22H,10,12,19H2. The average molecular weight is 357 g/mol. The van der Waals surface area contributed by atoms with E-state index in [2.05, 4.69) is 9.71 Å². The first-order valence-corrected chi connectivity index (χ1v) is 9.27. The molecule has 3 aromatic rings. The molecule has 0 aliphatic rings. The third-order valence-corrected chi connectivity index (χ3v) is 5.49. The van der Waals surface area contributed by atoms with E-state index in [4.69, 9.17) is 10.8 Å². The molecule has 1 aromatic heterocycles. The Morgan fingerprint density at radius 3 is 2.52 bits per heavy atom. The first-order chi connectivity index (χ1) is 12.0. The number of nitrogens with zero attached hydrogens (tertiary/aromatic N) is 1. The second kappa shape index (κ2) is 7.28. The van der Waals surface area contributed by atoms with Gasteiger partial charge in [-0.25, -0.2) is 13.1 Å². The van der Waals surface area contributed by atoms with E-state index in [0.717, 1.165) is 21.9 Å². The zero-order valence-electron chi connectivity index (χ0n) is 13.5. The molecule has 0 spiro atoms. The topological polar surface area (TPSA) is 105 Å². The summed E-state index contributed by atoms with van der Waals surface area (Å²) in [4.78, 5) is 4.20. The van der Waals surface area contributed by atoms with Crippen LogP contribution in [-0.4, -0.2) is 25.1 Å². The molecule has 4 N–H and O–H groups in total. The summed E-state index contributed by atoms with van der Waals surface area (Å²) in [7, 11) is -3.73. The number of hydrogen-bond donors (Lipinski definition) is 3. The van der Waals surface area contributed by atoms with Crippen LogP contribution in [0.1, 0.15) is 17.2 Å². The molecule has 7 heteroatoms. The number of rotatable bonds is 6. The van der Waals surface area contributed by atoms with Crippen LogP contribution in [0.15, 0.2) is 65.8 Å². The molecule has 0 bridgehead atoms. The first-order valence-electron chi connectivity index (χ1n) is 7.79. The molecule has 1 heterocycles. The van der Waals surface area contributed by atoms with Crippen LogP contribution in [0.5, 0.6) is 0 Å². The summed E-state index contributed by atoms with van der Waals surface area (Å²) in [6, 6.07) is 13.1. The Hall–Kier alpha value is -2.32. The van der Waals surface area contributed by atoms with E-state index in [-0.39, 0.29) is 18.0 Å². The maximum absolute atomic E-state index is 12.7. The fourth-order valence-electron chi connectivity index (χ4n) is 2.59. The Morgan fingerprint density at radius 2 is 1.84 bits per heavy atom. The van der Waals surface area contributed by atoms with Crippen LogP contribution >= 0.6 is 0 Å². The predicted molar refractivity (Wildman–Crippen MR) is 96.2 cm³/mol. The Kier molecular flexibility index (Phi) is 5.10. The fraction of sp³-hybridized carbons (Fsp3) is 0.167. The molecule has 25 heavy (non-hydrogen) atoms. The van der Waals surface area contributed by atoms with Gasteiger partial charge in [-0.3, -0.25) is 4.98 Å². The minimum Gasteiger partial charge on any atom is -0.392 e. The fourth-order valence-corrected chi connectivity index (χ4v) is 3.86. The van der Waals surface area contributed by atoms with Crippen molar-refractivity contribution in [3.8, 4) is 0 Å². The van der Waals surface area contributed by atoms with Crippen LogP contribution in [0.25, 0.3) is 10.8 Å². The lowest BCUT2D eigenvalue weighted by atomic mass is 10.1. The van der Waals surface area contributed by atoms with E-state index >= 15 is 0 Å². The summed E-state index contributed by atoms with van der Waals surface area (Å²) in [5.74, 6) is 0. The van der Waals surface area contributed by atoms with Crippen LogP contribution in [0.3, 0.4) is 0 Å². The SMILES string of the molecule is NCC(NS(=O)(=O)c1ccc2cnccc2c1)c1ccc(CO)cc1. The molecule has 1 atom stereocenters. The van der Waals surface area contributed by atoms with Gasteiger partial charge < -0.3 is 10.8 Å². The highest BCUT2D eigenvalue weighted by Crippen LogP contribution is 2.21. The highest BCUT2D eigenvalue weighted by molar-refractivity contribution is 7.89. The van der Waals surface area contributed by atoms with E-state index in [1.54, 1.807) is 60.9 Å². The van der Waals surface area contributed by atoms with Gasteiger partial charge in [0.1, 0.15) is 0 Å². The molecule has 0 aliphatic carbocycles. The Balaban J connectivity index is 1.89. The van der Waals surface area contributed by atoms with Gasteiger partial charge in [0, 0.05) is 24.3 Å². The monoisotopic (exact) mass is 357 g/mol. The minimum atomic E-state index is -3.73. The zero-order valence-corrected chi connectivity index (χ0v) is 14.3. The van der Waals surface area contributed by atoms with Crippen molar-refractivity contribution in [3.05, 3.63) is 72.1 Å². The summed E-state index contributed by atoms with van der Waals surface area (Å²) >= 11 is 0. The van der Waals surface area contributed by atoms with E-state index in [9.17, 15) is 8.42 Å². The van der Waals surface area contributed by atoms with Gasteiger partial charge in [-0.1, -0.05) is 30.3 Å². The summed E-state index contributed by atoms with van der Waals surface area (Å²) in [6.07, 6.45) is 3.31. The van der Waals surface area contributed by atoms with E-state index < -0.39 is 16.1 Å². The zero-order chi connectivity index (χ0) is 17.9. The summed E-state index contributed by atoms with van der Waals surface area (Å²) < 4.78 is 28.1. The van der Waals surface area contributed by atoms with Crippen molar-refractivity contribution in [1.82, 2.24) is 9.71 Å². The summed E-state index contributed by atoms with van der Waals surface area (Å²) in [5.41, 5.74) is 7.27. The third kappa shape index (κ3) is 3.85. The Labute approximate surface area is 146 Å². The van der Waals surface area contributed by atoms with Gasteiger partial charge in [0.15, 0.2) is 0 Å². The van der Waals surface area contributed by atoms with Gasteiger partial charge in [0.25, 0.3) is 0 Å². The largest absolute Gasteiger partial charge is 0.392 e. The lowest BCUT2D eigenvalue weighted by Crippen LogP contribution is -2.33. The molecule has 2 aromatic carbocycles. The molecule has 0 radical (unpaired) electrons. The molecule has 0 fully saturated rings. The highest BCUT2D eigenvalue weighted by Gasteiger charge is 2.20. The van der Waals surface area contributed by atoms with E-state index in [1.165, 1.54) is 0 Å². The number of nitrogens with two attached hydrogens (primary N) is 1. The summed E-state index contributed by atoms with van der Waals surface area (Å²) in [5, 5.41) is 10.8. The van der Waals surface area contributed by atoms with E-state index in [1.807, 2.05) is 0 Å². The van der Waals surface area contributed by atoms with Gasteiger partial charge in [0.05, 0.1) is 17.5 Å². The average Bonchev–Trinajstić information content (AvgIpc) is 2.66. The Bertz CT molecular complexity index is 972. The van der Waals surface area contributed by atoms with Crippen molar-refractivity contribution in [3.63, 3.8) is 0 Å². The molecule has 6 nitrogen and oxygen atoms in total. The van der Waals surface area contributed by atoms with Crippen molar-refractivity contribution in [2.24, 2.45) is 5.73 Å². The maximum Gasteiger partial charge on any atom is 0.241 e. The normalized spacial score (nSPS) is 13.0. The number of nitrogens with one attached hydrogen (secondary N) is 1. The molecule has 130 valence electrons. The third-order valence-electron chi connectivity index (χ3n) is 4.02. The van der Waals surface area contributed by atoms with Crippen LogP contribution < -0.4 is 10.5 Å². The van der Waals surface area contributed by atoms with Crippen molar-refractivity contribution in [1.29, 1.82) is 0 Å². The van der Waals surface area contributed by atoms with Crippen LogP contribution in [0, 0.1) is 0 Å². The number of hydrogen-bond acceptors (Lipinski definition) is 5. The van der Waals surface area contributed by atoms with Crippen LogP contribution in [-0.2, 0) is 16.6 Å². The van der Waals surface area contributed by atoms with Crippen molar-refractivity contribution in [2.45, 2.75) is 17.5 Å². The number of aromatic nitrogens is 1. The quantitative estimate of drug-likeness (QED) is 0.623. The lowest BCUT2D eigenvalue weighted by Gasteiger charge is -2.18. The molecular formula is C18H19N3O3S. The predicted octanol–water partition coefficient (Wildman–Crippen LogP) is 1.71. The van der Waals surface area contributed by atoms with E-state index in [0.29, 0.717) is 0 Å². The number of fused-ring (bicyclic) bond motifs is 1. The molecule has 0 saturated carbocycles. The van der Waals surface area contributed by atoms with Crippen LogP contribution in [0.4, 0.5) is 0 Å². The Morgan fingerprint density at radius 1 is 1.08 bits per heavy atom. The second-order valence-corrected chi connectivity index (χ2v) is 7.41.